The van der Waals surface area contributed by atoms with Crippen LogP contribution in [-0.4, -0.2) is 44.6 Å². The van der Waals surface area contributed by atoms with Gasteiger partial charge in [-0.2, -0.15) is 0 Å². The van der Waals surface area contributed by atoms with Gasteiger partial charge in [0.05, 0.1) is 23.4 Å². The van der Waals surface area contributed by atoms with Crippen LogP contribution in [0.3, 0.4) is 0 Å². The van der Waals surface area contributed by atoms with Crippen LogP contribution >= 0.6 is 23.4 Å². The fourth-order valence-corrected chi connectivity index (χ4v) is 4.59. The molecule has 154 valence electrons. The number of benzene rings is 1. The van der Waals surface area contributed by atoms with Crippen molar-refractivity contribution >= 4 is 29.1 Å². The first-order valence-corrected chi connectivity index (χ1v) is 10.7. The molecule has 0 amide bonds. The van der Waals surface area contributed by atoms with Gasteiger partial charge in [-0.15, -0.1) is 10.2 Å². The molecule has 0 radical (unpaired) electrons. The van der Waals surface area contributed by atoms with Gasteiger partial charge in [-0.1, -0.05) is 35.5 Å². The highest BCUT2D eigenvalue weighted by Crippen LogP contribution is 2.29. The summed E-state index contributed by atoms with van der Waals surface area (Å²) < 4.78 is 9.28. The van der Waals surface area contributed by atoms with E-state index in [0.717, 1.165) is 22.5 Å². The third kappa shape index (κ3) is 4.42. The Morgan fingerprint density at radius 2 is 2.00 bits per heavy atom. The molecule has 0 aliphatic carbocycles. The molecule has 0 N–H and O–H groups in total. The highest BCUT2D eigenvalue weighted by Gasteiger charge is 2.20. The van der Waals surface area contributed by atoms with E-state index in [0.29, 0.717) is 22.6 Å². The fourth-order valence-electron chi connectivity index (χ4n) is 3.58. The number of aryl methyl sites for hydroxylation is 1. The number of rotatable bonds is 8. The van der Waals surface area contributed by atoms with Crippen molar-refractivity contribution in [3.05, 3.63) is 52.3 Å². The van der Waals surface area contributed by atoms with Crippen molar-refractivity contribution in [3.8, 4) is 11.4 Å². The number of thioether (sulfide) groups is 1. The zero-order chi connectivity index (χ0) is 21.1. The van der Waals surface area contributed by atoms with Gasteiger partial charge in [0.15, 0.2) is 16.8 Å². The zero-order valence-corrected chi connectivity index (χ0v) is 18.8. The van der Waals surface area contributed by atoms with Crippen LogP contribution in [-0.2, 0) is 11.8 Å². The lowest BCUT2D eigenvalue weighted by Crippen LogP contribution is -2.14. The van der Waals surface area contributed by atoms with Gasteiger partial charge < -0.3 is 13.9 Å². The predicted octanol–water partition coefficient (Wildman–Crippen LogP) is 4.74. The summed E-state index contributed by atoms with van der Waals surface area (Å²) in [6, 6.07) is 9.64. The molecule has 0 bridgehead atoms. The molecule has 3 aromatic rings. The second-order valence-corrected chi connectivity index (χ2v) is 8.37. The lowest BCUT2D eigenvalue weighted by atomic mass is 10.2. The van der Waals surface area contributed by atoms with E-state index in [9.17, 15) is 4.79 Å². The number of aromatic nitrogens is 4. The quantitative estimate of drug-likeness (QED) is 0.380. The van der Waals surface area contributed by atoms with E-state index in [1.54, 1.807) is 7.11 Å². The number of ether oxygens (including phenoxy) is 1. The first-order valence-electron chi connectivity index (χ1n) is 9.32. The first kappa shape index (κ1) is 21.6. The maximum absolute atomic E-state index is 12.9. The number of Topliss-reactive ketones (excluding diaryl/α,β-unsaturated/α-hetero) is 1. The minimum atomic E-state index is 0.0706. The zero-order valence-electron chi connectivity index (χ0n) is 17.3. The topological polar surface area (TPSA) is 61.9 Å². The first-order chi connectivity index (χ1) is 13.8. The Morgan fingerprint density at radius 1 is 1.28 bits per heavy atom. The summed E-state index contributed by atoms with van der Waals surface area (Å²) in [7, 11) is 3.56. The van der Waals surface area contributed by atoms with E-state index >= 15 is 0 Å². The van der Waals surface area contributed by atoms with Crippen LogP contribution in [0.1, 0.15) is 34.7 Å². The van der Waals surface area contributed by atoms with E-state index in [-0.39, 0.29) is 17.6 Å². The summed E-state index contributed by atoms with van der Waals surface area (Å²) in [6.45, 7) is 6.68. The number of methoxy groups -OCH3 is 1. The van der Waals surface area contributed by atoms with E-state index in [1.807, 2.05) is 55.8 Å². The smallest absolute Gasteiger partial charge is 0.191 e. The summed E-state index contributed by atoms with van der Waals surface area (Å²) in [5, 5.41) is 9.79. The minimum absolute atomic E-state index is 0.0706. The SMILES string of the molecule is COCC(C)n1c(C)cc(C(=O)CSc2nnc(-c3ccccc3Cl)n2C)c1C. The highest BCUT2D eigenvalue weighted by molar-refractivity contribution is 7.99. The predicted molar refractivity (Wildman–Crippen MR) is 117 cm³/mol. The van der Waals surface area contributed by atoms with E-state index in [4.69, 9.17) is 16.3 Å². The van der Waals surface area contributed by atoms with Crippen LogP contribution in [0.5, 0.6) is 0 Å². The Morgan fingerprint density at radius 3 is 2.69 bits per heavy atom. The molecule has 3 rings (SSSR count). The molecule has 1 atom stereocenters. The van der Waals surface area contributed by atoms with Gasteiger partial charge in [-0.05, 0) is 39.0 Å². The van der Waals surface area contributed by atoms with Crippen molar-refractivity contribution in [2.45, 2.75) is 32.0 Å². The molecule has 2 heterocycles. The number of hydrogen-bond acceptors (Lipinski definition) is 5. The van der Waals surface area contributed by atoms with Gasteiger partial charge in [0.25, 0.3) is 0 Å². The molecule has 0 aliphatic rings. The molecular formula is C21H25ClN4O2S. The van der Waals surface area contributed by atoms with Gasteiger partial charge >= 0.3 is 0 Å². The van der Waals surface area contributed by atoms with Gasteiger partial charge in [0, 0.05) is 36.7 Å². The Balaban J connectivity index is 1.76. The molecule has 29 heavy (non-hydrogen) atoms. The molecule has 0 aliphatic heterocycles. The van der Waals surface area contributed by atoms with E-state index in [1.165, 1.54) is 11.8 Å². The number of ketones is 1. The minimum Gasteiger partial charge on any atom is -0.383 e. The van der Waals surface area contributed by atoms with Crippen LogP contribution in [0.25, 0.3) is 11.4 Å². The molecule has 0 spiro atoms. The lowest BCUT2D eigenvalue weighted by Gasteiger charge is -2.17. The third-order valence-electron chi connectivity index (χ3n) is 4.92. The van der Waals surface area contributed by atoms with Gasteiger partial charge in [-0.3, -0.25) is 4.79 Å². The summed E-state index contributed by atoms with van der Waals surface area (Å²) >= 11 is 7.65. The molecule has 0 fully saturated rings. The normalized spacial score (nSPS) is 12.3. The number of nitrogens with zero attached hydrogens (tertiary/aromatic N) is 4. The second kappa shape index (κ2) is 9.15. The largest absolute Gasteiger partial charge is 0.383 e. The number of halogens is 1. The van der Waals surface area contributed by atoms with Gasteiger partial charge in [0.1, 0.15) is 0 Å². The molecule has 8 heteroatoms. The number of hydrogen-bond donors (Lipinski definition) is 0. The standard InChI is InChI=1S/C21H25ClN4O2S/c1-13-10-17(15(3)26(13)14(2)11-28-5)19(27)12-29-21-24-23-20(25(21)4)16-8-6-7-9-18(16)22/h6-10,14H,11-12H2,1-5H3. The monoisotopic (exact) mass is 432 g/mol. The van der Waals surface area contributed by atoms with Crippen LogP contribution in [0.4, 0.5) is 0 Å². The average Bonchev–Trinajstić information content (AvgIpc) is 3.19. The van der Waals surface area contributed by atoms with Crippen LogP contribution in [0.15, 0.2) is 35.5 Å². The third-order valence-corrected chi connectivity index (χ3v) is 6.27. The molecule has 0 saturated heterocycles. The fraction of sp³-hybridized carbons (Fsp3) is 0.381. The van der Waals surface area contributed by atoms with Crippen molar-refractivity contribution in [2.24, 2.45) is 7.05 Å². The average molecular weight is 433 g/mol. The highest BCUT2D eigenvalue weighted by atomic mass is 35.5. The second-order valence-electron chi connectivity index (χ2n) is 7.02. The summed E-state index contributed by atoms with van der Waals surface area (Å²) in [6.07, 6.45) is 0. The Labute approximate surface area is 180 Å². The van der Waals surface area contributed by atoms with Crippen LogP contribution in [0, 0.1) is 13.8 Å². The van der Waals surface area contributed by atoms with Crippen LogP contribution in [0.2, 0.25) is 5.02 Å². The van der Waals surface area contributed by atoms with Crippen LogP contribution < -0.4 is 0 Å². The summed E-state index contributed by atoms with van der Waals surface area (Å²) in [5.41, 5.74) is 3.58. The van der Waals surface area contributed by atoms with Crippen molar-refractivity contribution in [2.75, 3.05) is 19.5 Å². The Kier molecular flexibility index (Phi) is 6.82. The van der Waals surface area contributed by atoms with Crippen molar-refractivity contribution in [1.29, 1.82) is 0 Å². The van der Waals surface area contributed by atoms with Gasteiger partial charge in [0.2, 0.25) is 0 Å². The Hall–Kier alpha value is -2.09. The Bertz CT molecular complexity index is 1030. The molecule has 0 saturated carbocycles. The molecular weight excluding hydrogens is 408 g/mol. The molecule has 2 aromatic heterocycles. The molecule has 1 aromatic carbocycles. The van der Waals surface area contributed by atoms with Crippen molar-refractivity contribution < 1.29 is 9.53 Å². The van der Waals surface area contributed by atoms with E-state index in [2.05, 4.69) is 21.7 Å². The van der Waals surface area contributed by atoms with Crippen molar-refractivity contribution in [3.63, 3.8) is 0 Å². The number of carbonyl (C=O) groups is 1. The summed E-state index contributed by atoms with van der Waals surface area (Å²) in [4.78, 5) is 12.9. The summed E-state index contributed by atoms with van der Waals surface area (Å²) in [5.74, 6) is 1.04. The maximum atomic E-state index is 12.9. The van der Waals surface area contributed by atoms with E-state index < -0.39 is 0 Å². The van der Waals surface area contributed by atoms with Gasteiger partial charge in [-0.25, -0.2) is 0 Å². The van der Waals surface area contributed by atoms with Crippen molar-refractivity contribution in [1.82, 2.24) is 19.3 Å². The lowest BCUT2D eigenvalue weighted by molar-refractivity contribution is 0.102. The maximum Gasteiger partial charge on any atom is 0.191 e. The molecule has 1 unspecified atom stereocenters. The molecule has 6 nitrogen and oxygen atoms in total. The number of carbonyl (C=O) groups excluding carboxylic acids is 1.